The molecule has 7 aromatic carbocycles. The Morgan fingerprint density at radius 1 is 0.362 bits per heavy atom. The van der Waals surface area contributed by atoms with Crippen molar-refractivity contribution in [3.05, 3.63) is 224 Å². The van der Waals surface area contributed by atoms with Crippen molar-refractivity contribution in [2.45, 2.75) is 11.8 Å². The Labute approximate surface area is 338 Å². The number of pyridine rings is 1. The molecular weight excluding hydrogens is 703 g/mol. The topological polar surface area (TPSA) is 38.7 Å². The molecule has 0 aliphatic heterocycles. The van der Waals surface area contributed by atoms with Gasteiger partial charge in [0.2, 0.25) is 0 Å². The largest absolute Gasteiger partial charge is 0.264 e. The fraction of sp³-hybridized carbons (Fsp3) is 0.0364. The third-order valence-corrected chi connectivity index (χ3v) is 11.8. The minimum atomic E-state index is 0.351. The zero-order valence-corrected chi connectivity index (χ0v) is 31.7. The Balaban J connectivity index is 0.979. The van der Waals surface area contributed by atoms with Crippen LogP contribution in [0.5, 0.6) is 0 Å². The van der Waals surface area contributed by atoms with E-state index in [1.54, 1.807) is 6.20 Å². The highest BCUT2D eigenvalue weighted by Crippen LogP contribution is 2.50. The number of aromatic nitrogens is 3. The van der Waals surface area contributed by atoms with Gasteiger partial charge in [0.05, 0.1) is 11.4 Å². The van der Waals surface area contributed by atoms with Crippen LogP contribution in [0.1, 0.15) is 23.0 Å². The van der Waals surface area contributed by atoms with Gasteiger partial charge in [0, 0.05) is 46.5 Å². The van der Waals surface area contributed by atoms with Gasteiger partial charge in [0.1, 0.15) is 0 Å². The third-order valence-electron chi connectivity index (χ3n) is 11.8. The van der Waals surface area contributed by atoms with Gasteiger partial charge in [-0.2, -0.15) is 0 Å². The van der Waals surface area contributed by atoms with Crippen LogP contribution in [0.25, 0.3) is 89.2 Å². The van der Waals surface area contributed by atoms with Crippen LogP contribution in [0.3, 0.4) is 0 Å². The van der Waals surface area contributed by atoms with Crippen molar-refractivity contribution in [2.75, 3.05) is 0 Å². The maximum absolute atomic E-state index is 5.22. The molecule has 2 aliphatic rings. The molecule has 0 saturated carbocycles. The van der Waals surface area contributed by atoms with E-state index in [0.717, 1.165) is 44.8 Å². The zero-order chi connectivity index (χ0) is 38.4. The highest BCUT2D eigenvalue weighted by molar-refractivity contribution is 5.97. The van der Waals surface area contributed by atoms with E-state index in [1.807, 2.05) is 12.3 Å². The second-order valence-corrected chi connectivity index (χ2v) is 15.2. The molecule has 0 spiro atoms. The van der Waals surface area contributed by atoms with Gasteiger partial charge in [-0.1, -0.05) is 176 Å². The number of rotatable bonds is 6. The molecule has 2 aromatic heterocycles. The normalized spacial score (nSPS) is 15.1. The first-order valence-electron chi connectivity index (χ1n) is 19.9. The predicted molar refractivity (Wildman–Crippen MR) is 239 cm³/mol. The maximum Gasteiger partial charge on any atom is 0.160 e. The summed E-state index contributed by atoms with van der Waals surface area (Å²) in [5.74, 6) is 1.41. The van der Waals surface area contributed by atoms with E-state index in [0.29, 0.717) is 17.7 Å². The van der Waals surface area contributed by atoms with Crippen LogP contribution >= 0.6 is 0 Å². The molecule has 2 unspecified atom stereocenters. The molecule has 272 valence electrons. The molecule has 3 heteroatoms. The van der Waals surface area contributed by atoms with Gasteiger partial charge < -0.3 is 0 Å². The molecule has 0 amide bonds. The van der Waals surface area contributed by atoms with Crippen LogP contribution in [0.15, 0.2) is 213 Å². The van der Waals surface area contributed by atoms with E-state index in [4.69, 9.17) is 9.97 Å². The Hall–Kier alpha value is -7.49. The average molecular weight is 740 g/mol. The summed E-state index contributed by atoms with van der Waals surface area (Å²) < 4.78 is 0. The molecule has 2 atom stereocenters. The van der Waals surface area contributed by atoms with Crippen molar-refractivity contribution in [1.29, 1.82) is 0 Å². The van der Waals surface area contributed by atoms with Crippen LogP contribution in [-0.2, 0) is 0 Å². The van der Waals surface area contributed by atoms with Gasteiger partial charge in [0.15, 0.2) is 5.82 Å². The summed E-state index contributed by atoms with van der Waals surface area (Å²) in [5.41, 5.74) is 17.1. The lowest BCUT2D eigenvalue weighted by Gasteiger charge is -2.34. The minimum Gasteiger partial charge on any atom is -0.264 e. The number of allylic oxidation sites excluding steroid dienone is 4. The summed E-state index contributed by atoms with van der Waals surface area (Å²) in [7, 11) is 0. The number of hydrogen-bond acceptors (Lipinski definition) is 3. The van der Waals surface area contributed by atoms with E-state index in [-0.39, 0.29) is 0 Å². The van der Waals surface area contributed by atoms with E-state index in [9.17, 15) is 0 Å². The van der Waals surface area contributed by atoms with E-state index in [2.05, 4.69) is 199 Å². The summed E-state index contributed by atoms with van der Waals surface area (Å²) >= 11 is 0. The second kappa shape index (κ2) is 14.2. The molecule has 2 heterocycles. The average Bonchev–Trinajstić information content (AvgIpc) is 3.31. The van der Waals surface area contributed by atoms with Crippen molar-refractivity contribution in [3.63, 3.8) is 0 Å². The van der Waals surface area contributed by atoms with Crippen molar-refractivity contribution in [1.82, 2.24) is 15.0 Å². The monoisotopic (exact) mass is 739 g/mol. The summed E-state index contributed by atoms with van der Waals surface area (Å²) in [4.78, 5) is 14.8. The molecule has 0 radical (unpaired) electrons. The highest BCUT2D eigenvalue weighted by Gasteiger charge is 2.31. The van der Waals surface area contributed by atoms with Crippen molar-refractivity contribution < 1.29 is 0 Å². The Kier molecular flexibility index (Phi) is 8.29. The SMILES string of the molecule is C1=CC2c3ccccc3-c3cc(-c4ccc(-c5nc(-c6ccc(-c7cccc8ccccc78)cc6)cc(-c6cccc(-c7cccnc7)c6)n5)cc4)ccc3C2C=C1. The number of nitrogens with zero attached hydrogens (tertiary/aromatic N) is 3. The molecule has 2 aliphatic carbocycles. The van der Waals surface area contributed by atoms with Crippen LogP contribution in [0, 0.1) is 0 Å². The molecule has 11 rings (SSSR count). The lowest BCUT2D eigenvalue weighted by atomic mass is 9.69. The number of fused-ring (bicyclic) bond motifs is 7. The molecule has 0 saturated heterocycles. The van der Waals surface area contributed by atoms with Crippen molar-refractivity contribution in [3.8, 4) is 78.4 Å². The molecular formula is C55H37N3. The smallest absolute Gasteiger partial charge is 0.160 e. The van der Waals surface area contributed by atoms with Crippen LogP contribution in [-0.4, -0.2) is 15.0 Å². The maximum atomic E-state index is 5.22. The van der Waals surface area contributed by atoms with Gasteiger partial charge >= 0.3 is 0 Å². The van der Waals surface area contributed by atoms with Crippen molar-refractivity contribution >= 4 is 10.8 Å². The predicted octanol–water partition coefficient (Wildman–Crippen LogP) is 14.0. The Bertz CT molecular complexity index is 3050. The lowest BCUT2D eigenvalue weighted by molar-refractivity contribution is 0.720. The summed E-state index contributed by atoms with van der Waals surface area (Å²) in [6.45, 7) is 0. The van der Waals surface area contributed by atoms with Gasteiger partial charge in [0.25, 0.3) is 0 Å². The molecule has 0 fully saturated rings. The first-order valence-corrected chi connectivity index (χ1v) is 19.9. The first-order chi connectivity index (χ1) is 28.7. The summed E-state index contributed by atoms with van der Waals surface area (Å²) in [6.07, 6.45) is 12.8. The standard InChI is InChI=1S/C55H37N3/c1-2-15-45-37(10-1)11-8-20-46(45)38-23-25-39(26-24-38)53-34-54(43-13-7-12-41(32-43)44-14-9-31-56-35-44)58-55(57-53)40-27-21-36(22-28-40)42-29-30-51-49-18-4-3-16-47(49)48-17-5-6-19-50(48)52(51)33-42/h1-35,47,49H. The quantitative estimate of drug-likeness (QED) is 0.170. The first kappa shape index (κ1) is 33.8. The third kappa shape index (κ3) is 6.05. The van der Waals surface area contributed by atoms with Gasteiger partial charge in [-0.15, -0.1) is 0 Å². The highest BCUT2D eigenvalue weighted by atomic mass is 14.9. The molecule has 3 nitrogen and oxygen atoms in total. The lowest BCUT2D eigenvalue weighted by Crippen LogP contribution is -2.16. The van der Waals surface area contributed by atoms with Gasteiger partial charge in [-0.3, -0.25) is 4.98 Å². The zero-order valence-electron chi connectivity index (χ0n) is 31.7. The second-order valence-electron chi connectivity index (χ2n) is 15.2. The molecule has 0 N–H and O–H groups in total. The van der Waals surface area contributed by atoms with Crippen LogP contribution in [0.2, 0.25) is 0 Å². The Morgan fingerprint density at radius 3 is 1.79 bits per heavy atom. The minimum absolute atomic E-state index is 0.351. The summed E-state index contributed by atoms with van der Waals surface area (Å²) in [6, 6.07) is 63.1. The molecule has 9 aromatic rings. The van der Waals surface area contributed by atoms with Gasteiger partial charge in [-0.05, 0) is 85.1 Å². The number of hydrogen-bond donors (Lipinski definition) is 0. The van der Waals surface area contributed by atoms with E-state index < -0.39 is 0 Å². The van der Waals surface area contributed by atoms with E-state index in [1.165, 1.54) is 49.7 Å². The summed E-state index contributed by atoms with van der Waals surface area (Å²) in [5, 5.41) is 2.48. The van der Waals surface area contributed by atoms with Gasteiger partial charge in [-0.25, -0.2) is 9.97 Å². The van der Waals surface area contributed by atoms with Crippen LogP contribution in [0.4, 0.5) is 0 Å². The fourth-order valence-electron chi connectivity index (χ4n) is 8.87. The Morgan fingerprint density at radius 2 is 0.966 bits per heavy atom. The van der Waals surface area contributed by atoms with Crippen LogP contribution < -0.4 is 0 Å². The van der Waals surface area contributed by atoms with Crippen molar-refractivity contribution in [2.24, 2.45) is 0 Å². The molecule has 0 bridgehead atoms. The molecule has 58 heavy (non-hydrogen) atoms. The number of benzene rings is 7. The van der Waals surface area contributed by atoms with E-state index >= 15 is 0 Å². The fourth-order valence-corrected chi connectivity index (χ4v) is 8.87.